The molecule has 6 heterocycles. The number of aromatic nitrogens is 5. The lowest BCUT2D eigenvalue weighted by Gasteiger charge is -2.35. The minimum Gasteiger partial charge on any atom is -0.493 e. The Balaban J connectivity index is 0.967. The maximum Gasteiger partial charge on any atom is 0.332 e. The number of nitrogens with zero attached hydrogens (tertiary/aromatic N) is 7. The summed E-state index contributed by atoms with van der Waals surface area (Å²) in [7, 11) is 1.66. The molecule has 0 N–H and O–H groups in total. The number of thiophene rings is 1. The van der Waals surface area contributed by atoms with Gasteiger partial charge in [-0.3, -0.25) is 28.4 Å². The maximum atomic E-state index is 14.3. The topological polar surface area (TPSA) is 126 Å². The monoisotopic (exact) mass is 815 g/mol. The van der Waals surface area contributed by atoms with Gasteiger partial charge < -0.3 is 14.4 Å². The Morgan fingerprint density at radius 3 is 2.45 bits per heavy atom. The first-order valence-electron chi connectivity index (χ1n) is 20.0. The average Bonchev–Trinajstić information content (AvgIpc) is 3.93. The van der Waals surface area contributed by atoms with E-state index in [2.05, 4.69) is 16.4 Å². The van der Waals surface area contributed by atoms with Crippen LogP contribution in [0.15, 0.2) is 93.6 Å². The zero-order valence-electron chi connectivity index (χ0n) is 32.8. The molecule has 6 aromatic rings. The van der Waals surface area contributed by atoms with Crippen LogP contribution in [0.1, 0.15) is 77.8 Å². The molecule has 0 bridgehead atoms. The number of methoxy groups -OCH3 is 1. The van der Waals surface area contributed by atoms with E-state index in [4.69, 9.17) is 14.5 Å². The first-order valence-corrected chi connectivity index (χ1v) is 22.0. The van der Waals surface area contributed by atoms with Gasteiger partial charge in [0.1, 0.15) is 10.4 Å². The Kier molecular flexibility index (Phi) is 10.5. The zero-order chi connectivity index (χ0) is 39.9. The summed E-state index contributed by atoms with van der Waals surface area (Å²) in [4.78, 5) is 50.5. The van der Waals surface area contributed by atoms with Crippen LogP contribution >= 0.6 is 23.1 Å². The van der Waals surface area contributed by atoms with Crippen LogP contribution in [0.4, 0.5) is 0 Å². The Morgan fingerprint density at radius 1 is 0.931 bits per heavy atom. The molecule has 2 fully saturated rings. The molecule has 58 heavy (non-hydrogen) atoms. The van der Waals surface area contributed by atoms with Gasteiger partial charge in [0.15, 0.2) is 11.5 Å². The number of thioether (sulfide) groups is 1. The molecule has 3 aromatic heterocycles. The van der Waals surface area contributed by atoms with Crippen molar-refractivity contribution in [1.29, 1.82) is 0 Å². The van der Waals surface area contributed by atoms with Gasteiger partial charge in [-0.05, 0) is 80.3 Å². The molecule has 3 aliphatic rings. The normalized spacial score (nSPS) is 18.1. The van der Waals surface area contributed by atoms with E-state index in [-0.39, 0.29) is 35.8 Å². The highest BCUT2D eigenvalue weighted by molar-refractivity contribution is 7.99. The number of amides is 1. The maximum absolute atomic E-state index is 14.3. The molecule has 0 radical (unpaired) electrons. The van der Waals surface area contributed by atoms with Gasteiger partial charge in [-0.25, -0.2) is 4.79 Å². The number of fused-ring (bicyclic) bond motifs is 4. The quantitative estimate of drug-likeness (QED) is 0.147. The number of benzene rings is 3. The summed E-state index contributed by atoms with van der Waals surface area (Å²) in [6, 6.07) is 23.6. The fourth-order valence-electron chi connectivity index (χ4n) is 8.55. The standard InChI is InChI=1S/C44H45N7O5S2/c1-4-49-24-30(46-47-49)25-50-36-23-39(27-9-7-6-8-10-27)58-41(36)43(53)51(44(50)54)31-15-18-48(19-16-31)42(52)29-13-11-28(12-14-29)40-33-22-37(55-3)38(56-5-2)21-32(33)34-26-57-20-17-35(34)45-40/h6-14,21-24,31,34-35H,4-5,15-20,25-26H2,1-3H3/t34-,35-/m1/s1. The second-order valence-electron chi connectivity index (χ2n) is 14.9. The van der Waals surface area contributed by atoms with Crippen LogP contribution < -0.4 is 20.7 Å². The molecular weight excluding hydrogens is 771 g/mol. The molecule has 12 nitrogen and oxygen atoms in total. The van der Waals surface area contributed by atoms with Gasteiger partial charge in [0, 0.05) is 58.9 Å². The molecule has 3 aromatic carbocycles. The number of aliphatic imine (C=N–C) groups is 1. The van der Waals surface area contributed by atoms with Crippen LogP contribution in [0.2, 0.25) is 0 Å². The molecule has 298 valence electrons. The molecular formula is C44H45N7O5S2. The van der Waals surface area contributed by atoms with E-state index < -0.39 is 0 Å². The number of ether oxygens (including phenoxy) is 2. The molecule has 0 spiro atoms. The second kappa shape index (κ2) is 16.1. The number of aryl methyl sites for hydroxylation is 1. The number of hydrogen-bond donors (Lipinski definition) is 0. The summed E-state index contributed by atoms with van der Waals surface area (Å²) in [5.41, 5.74) is 6.27. The third kappa shape index (κ3) is 6.95. The molecule has 2 atom stereocenters. The number of hydrogen-bond acceptors (Lipinski definition) is 10. The van der Waals surface area contributed by atoms with Crippen molar-refractivity contribution in [1.82, 2.24) is 29.0 Å². The third-order valence-corrected chi connectivity index (χ3v) is 13.8. The number of carbonyl (C=O) groups excluding carboxylic acids is 1. The van der Waals surface area contributed by atoms with Crippen molar-refractivity contribution in [2.75, 3.05) is 38.3 Å². The number of likely N-dealkylation sites (tertiary alicyclic amines) is 1. The van der Waals surface area contributed by atoms with Crippen molar-refractivity contribution in [2.24, 2.45) is 4.99 Å². The van der Waals surface area contributed by atoms with E-state index in [1.165, 1.54) is 21.5 Å². The SMILES string of the molecule is CCOc1cc2c(cc1OC)C(c1ccc(C(=O)N3CCC(n4c(=O)c5sc(-c6ccccc6)cc5n(Cc5cn(CC)nn5)c4=O)CC3)cc1)=N[C@@H]1CCSC[C@H]21. The minimum absolute atomic E-state index is 0.0756. The first-order chi connectivity index (χ1) is 28.3. The molecule has 0 saturated carbocycles. The van der Waals surface area contributed by atoms with Crippen molar-refractivity contribution in [2.45, 2.75) is 64.2 Å². The Hall–Kier alpha value is -5.47. The van der Waals surface area contributed by atoms with E-state index in [1.54, 1.807) is 16.4 Å². The van der Waals surface area contributed by atoms with Gasteiger partial charge in [-0.1, -0.05) is 47.7 Å². The molecule has 1 amide bonds. The first kappa shape index (κ1) is 38.1. The predicted molar refractivity (Wildman–Crippen MR) is 229 cm³/mol. The smallest absolute Gasteiger partial charge is 0.332 e. The Bertz CT molecular complexity index is 2640. The minimum atomic E-state index is -0.376. The summed E-state index contributed by atoms with van der Waals surface area (Å²) >= 11 is 3.37. The van der Waals surface area contributed by atoms with E-state index >= 15 is 0 Å². The third-order valence-electron chi connectivity index (χ3n) is 11.6. The molecule has 3 aliphatic heterocycles. The Morgan fingerprint density at radius 2 is 1.72 bits per heavy atom. The molecule has 9 rings (SSSR count). The fraction of sp³-hybridized carbons (Fsp3) is 0.364. The van der Waals surface area contributed by atoms with Crippen molar-refractivity contribution in [3.8, 4) is 21.9 Å². The summed E-state index contributed by atoms with van der Waals surface area (Å²) in [5.74, 6) is 3.76. The average molecular weight is 816 g/mol. The molecule has 2 saturated heterocycles. The number of piperidine rings is 1. The van der Waals surface area contributed by atoms with E-state index in [0.29, 0.717) is 72.2 Å². The van der Waals surface area contributed by atoms with Gasteiger partial charge >= 0.3 is 5.69 Å². The summed E-state index contributed by atoms with van der Waals surface area (Å²) in [6.45, 7) is 6.19. The number of carbonyl (C=O) groups is 1. The number of rotatable bonds is 10. The zero-order valence-corrected chi connectivity index (χ0v) is 34.4. The van der Waals surface area contributed by atoms with Crippen LogP contribution in [-0.4, -0.2) is 85.0 Å². The van der Waals surface area contributed by atoms with Gasteiger partial charge in [0.25, 0.3) is 11.5 Å². The van der Waals surface area contributed by atoms with Crippen molar-refractivity contribution >= 4 is 44.9 Å². The summed E-state index contributed by atoms with van der Waals surface area (Å²) in [6.07, 6.45) is 3.80. The lowest BCUT2D eigenvalue weighted by atomic mass is 9.81. The van der Waals surface area contributed by atoms with Gasteiger partial charge in [0.2, 0.25) is 0 Å². The molecule has 0 unspecified atom stereocenters. The van der Waals surface area contributed by atoms with Crippen molar-refractivity contribution in [3.05, 3.63) is 128 Å². The van der Waals surface area contributed by atoms with Crippen LogP contribution in [-0.2, 0) is 13.1 Å². The highest BCUT2D eigenvalue weighted by Crippen LogP contribution is 2.44. The van der Waals surface area contributed by atoms with E-state index in [1.807, 2.05) is 103 Å². The van der Waals surface area contributed by atoms with Crippen LogP contribution in [0.3, 0.4) is 0 Å². The lowest BCUT2D eigenvalue weighted by molar-refractivity contribution is 0.0691. The van der Waals surface area contributed by atoms with Crippen molar-refractivity contribution in [3.63, 3.8) is 0 Å². The van der Waals surface area contributed by atoms with Crippen LogP contribution in [0.5, 0.6) is 11.5 Å². The fourth-order valence-corrected chi connectivity index (χ4v) is 10.9. The van der Waals surface area contributed by atoms with Gasteiger partial charge in [-0.2, -0.15) is 11.8 Å². The second-order valence-corrected chi connectivity index (χ2v) is 17.1. The van der Waals surface area contributed by atoms with Gasteiger partial charge in [0.05, 0.1) is 43.7 Å². The largest absolute Gasteiger partial charge is 0.493 e. The van der Waals surface area contributed by atoms with E-state index in [0.717, 1.165) is 51.0 Å². The predicted octanol–water partition coefficient (Wildman–Crippen LogP) is 6.88. The van der Waals surface area contributed by atoms with Crippen LogP contribution in [0, 0.1) is 0 Å². The highest BCUT2D eigenvalue weighted by Gasteiger charge is 2.35. The van der Waals surface area contributed by atoms with Crippen molar-refractivity contribution < 1.29 is 14.3 Å². The van der Waals surface area contributed by atoms with Crippen LogP contribution in [0.25, 0.3) is 20.7 Å². The highest BCUT2D eigenvalue weighted by atomic mass is 32.2. The summed E-state index contributed by atoms with van der Waals surface area (Å²) in [5, 5.41) is 8.47. The molecule has 14 heteroatoms. The van der Waals surface area contributed by atoms with E-state index in [9.17, 15) is 14.4 Å². The Labute approximate surface area is 344 Å². The lowest BCUT2D eigenvalue weighted by Crippen LogP contribution is -2.46. The van der Waals surface area contributed by atoms with Gasteiger partial charge in [-0.15, -0.1) is 16.4 Å². The molecule has 0 aliphatic carbocycles. The summed E-state index contributed by atoms with van der Waals surface area (Å²) < 4.78 is 17.0.